The first-order chi connectivity index (χ1) is 10.8. The lowest BCUT2D eigenvalue weighted by Crippen LogP contribution is -2.32. The lowest BCUT2D eigenvalue weighted by Gasteiger charge is -2.10. The Bertz CT molecular complexity index is 523. The maximum atomic E-state index is 12.5. The lowest BCUT2D eigenvalue weighted by atomic mass is 10.3. The topological polar surface area (TPSA) is 72.5 Å². The van der Waals surface area contributed by atoms with Crippen LogP contribution in [0.15, 0.2) is 17.3 Å². The van der Waals surface area contributed by atoms with E-state index in [0.717, 1.165) is 25.5 Å². The second-order valence-corrected chi connectivity index (χ2v) is 5.17. The molecule has 5 nitrogen and oxygen atoms in total. The van der Waals surface area contributed by atoms with Gasteiger partial charge in [0.2, 0.25) is 5.88 Å². The van der Waals surface area contributed by atoms with E-state index in [1.54, 1.807) is 0 Å². The van der Waals surface area contributed by atoms with Crippen LogP contribution in [0.1, 0.15) is 31.7 Å². The zero-order valence-electron chi connectivity index (χ0n) is 12.8. The normalized spacial score (nSPS) is 12.3. The highest BCUT2D eigenvalue weighted by Crippen LogP contribution is 2.33. The minimum Gasteiger partial charge on any atom is -0.477 e. The zero-order chi connectivity index (χ0) is 17.3. The van der Waals surface area contributed by atoms with Gasteiger partial charge in [0.15, 0.2) is 5.96 Å². The minimum absolute atomic E-state index is 0.0299. The molecule has 0 atom stereocenters. The maximum Gasteiger partial charge on any atom is 0.417 e. The van der Waals surface area contributed by atoms with Crippen molar-refractivity contribution in [1.82, 2.24) is 10.3 Å². The lowest BCUT2D eigenvalue weighted by molar-refractivity contribution is -0.137. The number of rotatable bonds is 8. The predicted octanol–water partition coefficient (Wildman–Crippen LogP) is 3.23. The molecule has 0 aliphatic heterocycles. The van der Waals surface area contributed by atoms with Crippen LogP contribution in [0.3, 0.4) is 0 Å². The van der Waals surface area contributed by atoms with E-state index >= 15 is 0 Å². The quantitative estimate of drug-likeness (QED) is 0.428. The molecule has 0 amide bonds. The Kier molecular flexibility index (Phi) is 7.94. The summed E-state index contributed by atoms with van der Waals surface area (Å²) in [6.45, 7) is 3.51. The maximum absolute atomic E-state index is 12.5. The molecular formula is C14H20ClF3N4O. The molecule has 1 heterocycles. The van der Waals surface area contributed by atoms with Crippen molar-refractivity contribution in [1.29, 1.82) is 0 Å². The molecule has 0 saturated heterocycles. The molecule has 23 heavy (non-hydrogen) atoms. The first-order valence-electron chi connectivity index (χ1n) is 7.24. The van der Waals surface area contributed by atoms with Crippen LogP contribution in [-0.4, -0.2) is 30.6 Å². The Hall–Kier alpha value is -1.70. The summed E-state index contributed by atoms with van der Waals surface area (Å²) in [6, 6.07) is 0.789. The average molecular weight is 353 g/mol. The molecule has 3 N–H and O–H groups in total. The summed E-state index contributed by atoms with van der Waals surface area (Å²) < 4.78 is 42.6. The van der Waals surface area contributed by atoms with Crippen LogP contribution in [0.25, 0.3) is 0 Å². The predicted molar refractivity (Wildman–Crippen MR) is 83.8 cm³/mol. The number of guanidine groups is 1. The number of aromatic nitrogens is 1. The third kappa shape index (κ3) is 7.40. The van der Waals surface area contributed by atoms with Gasteiger partial charge >= 0.3 is 6.18 Å². The highest BCUT2D eigenvalue weighted by Gasteiger charge is 2.31. The number of alkyl halides is 3. The van der Waals surface area contributed by atoms with E-state index in [1.165, 1.54) is 0 Å². The van der Waals surface area contributed by atoms with Crippen molar-refractivity contribution < 1.29 is 17.9 Å². The minimum atomic E-state index is -4.48. The SMILES string of the molecule is CCCCNC(N)=NCCCOc1ncc(C(F)(F)F)cc1Cl. The van der Waals surface area contributed by atoms with Crippen molar-refractivity contribution in [2.45, 2.75) is 32.4 Å². The Morgan fingerprint density at radius 1 is 1.43 bits per heavy atom. The van der Waals surface area contributed by atoms with Gasteiger partial charge in [0.25, 0.3) is 0 Å². The van der Waals surface area contributed by atoms with E-state index in [4.69, 9.17) is 22.1 Å². The highest BCUT2D eigenvalue weighted by atomic mass is 35.5. The third-order valence-electron chi connectivity index (χ3n) is 2.79. The van der Waals surface area contributed by atoms with Crippen LogP contribution in [0.4, 0.5) is 13.2 Å². The average Bonchev–Trinajstić information content (AvgIpc) is 2.47. The zero-order valence-corrected chi connectivity index (χ0v) is 13.5. The molecule has 0 spiro atoms. The Labute approximate surface area is 138 Å². The van der Waals surface area contributed by atoms with Crippen molar-refractivity contribution in [3.63, 3.8) is 0 Å². The van der Waals surface area contributed by atoms with Gasteiger partial charge in [0.05, 0.1) is 12.2 Å². The Balaban J connectivity index is 2.35. The van der Waals surface area contributed by atoms with Crippen LogP contribution in [0, 0.1) is 0 Å². The molecular weight excluding hydrogens is 333 g/mol. The number of aliphatic imine (C=N–C) groups is 1. The summed E-state index contributed by atoms with van der Waals surface area (Å²) in [5.41, 5.74) is 4.74. The summed E-state index contributed by atoms with van der Waals surface area (Å²) in [4.78, 5) is 7.68. The molecule has 1 aromatic rings. The Morgan fingerprint density at radius 2 is 2.17 bits per heavy atom. The number of ether oxygens (including phenoxy) is 1. The molecule has 0 saturated carbocycles. The number of nitrogens with zero attached hydrogens (tertiary/aromatic N) is 2. The number of unbranched alkanes of at least 4 members (excludes halogenated alkanes) is 1. The second-order valence-electron chi connectivity index (χ2n) is 4.76. The number of nitrogens with two attached hydrogens (primary N) is 1. The smallest absolute Gasteiger partial charge is 0.417 e. The van der Waals surface area contributed by atoms with Crippen molar-refractivity contribution in [2.75, 3.05) is 19.7 Å². The number of halogens is 4. The summed E-state index contributed by atoms with van der Waals surface area (Å²) in [5, 5.41) is 2.79. The Morgan fingerprint density at radius 3 is 2.78 bits per heavy atom. The summed E-state index contributed by atoms with van der Waals surface area (Å²) in [7, 11) is 0. The number of nitrogens with one attached hydrogen (secondary N) is 1. The van der Waals surface area contributed by atoms with Crippen molar-refractivity contribution in [2.24, 2.45) is 10.7 Å². The monoisotopic (exact) mass is 352 g/mol. The fraction of sp³-hybridized carbons (Fsp3) is 0.571. The van der Waals surface area contributed by atoms with E-state index in [9.17, 15) is 13.2 Å². The van der Waals surface area contributed by atoms with Gasteiger partial charge in [-0.1, -0.05) is 24.9 Å². The molecule has 130 valence electrons. The molecule has 0 bridgehead atoms. The fourth-order valence-corrected chi connectivity index (χ4v) is 1.79. The molecule has 0 unspecified atom stereocenters. The number of pyridine rings is 1. The van der Waals surface area contributed by atoms with Crippen LogP contribution in [0.2, 0.25) is 5.02 Å². The summed E-state index contributed by atoms with van der Waals surface area (Å²) >= 11 is 5.72. The summed E-state index contributed by atoms with van der Waals surface area (Å²) in [6.07, 6.45) is -1.18. The van der Waals surface area contributed by atoms with Gasteiger partial charge in [-0.3, -0.25) is 4.99 Å². The highest BCUT2D eigenvalue weighted by molar-refractivity contribution is 6.31. The van der Waals surface area contributed by atoms with Crippen LogP contribution < -0.4 is 15.8 Å². The molecule has 0 aliphatic rings. The van der Waals surface area contributed by atoms with Gasteiger partial charge < -0.3 is 15.8 Å². The number of hydrogen-bond acceptors (Lipinski definition) is 3. The van der Waals surface area contributed by atoms with Gasteiger partial charge in [0, 0.05) is 25.7 Å². The molecule has 9 heteroatoms. The largest absolute Gasteiger partial charge is 0.477 e. The van der Waals surface area contributed by atoms with Crippen LogP contribution >= 0.6 is 11.6 Å². The van der Waals surface area contributed by atoms with E-state index < -0.39 is 11.7 Å². The van der Waals surface area contributed by atoms with E-state index in [-0.39, 0.29) is 17.5 Å². The van der Waals surface area contributed by atoms with Gasteiger partial charge in [-0.05, 0) is 12.5 Å². The molecule has 1 aromatic heterocycles. The van der Waals surface area contributed by atoms with Crippen molar-refractivity contribution >= 4 is 17.6 Å². The standard InChI is InChI=1S/C14H20ClF3N4O/c1-2-3-5-20-13(19)21-6-4-7-23-12-11(15)8-10(9-22-12)14(16,17)18/h8-9H,2-7H2,1H3,(H3,19,20,21). The van der Waals surface area contributed by atoms with E-state index in [1.807, 2.05) is 0 Å². The molecule has 0 aliphatic carbocycles. The summed E-state index contributed by atoms with van der Waals surface area (Å²) in [5.74, 6) is 0.335. The molecule has 0 aromatic carbocycles. The number of hydrogen-bond donors (Lipinski definition) is 2. The first kappa shape index (κ1) is 19.3. The first-order valence-corrected chi connectivity index (χ1v) is 7.61. The van der Waals surface area contributed by atoms with E-state index in [0.29, 0.717) is 25.1 Å². The van der Waals surface area contributed by atoms with Crippen molar-refractivity contribution in [3.05, 3.63) is 22.8 Å². The fourth-order valence-electron chi connectivity index (χ4n) is 1.57. The molecule has 0 fully saturated rings. The molecule has 1 rings (SSSR count). The van der Waals surface area contributed by atoms with E-state index in [2.05, 4.69) is 22.2 Å². The van der Waals surface area contributed by atoms with Crippen molar-refractivity contribution in [3.8, 4) is 5.88 Å². The second kappa shape index (κ2) is 9.44. The van der Waals surface area contributed by atoms with Crippen LogP contribution in [0.5, 0.6) is 5.88 Å². The van der Waals surface area contributed by atoms with Gasteiger partial charge in [-0.15, -0.1) is 0 Å². The van der Waals surface area contributed by atoms with Gasteiger partial charge in [0.1, 0.15) is 5.02 Å². The molecule has 0 radical (unpaired) electrons. The van der Waals surface area contributed by atoms with Gasteiger partial charge in [-0.2, -0.15) is 13.2 Å². The third-order valence-corrected chi connectivity index (χ3v) is 3.07. The van der Waals surface area contributed by atoms with Gasteiger partial charge in [-0.25, -0.2) is 4.98 Å². The van der Waals surface area contributed by atoms with Crippen LogP contribution in [-0.2, 0) is 6.18 Å².